The van der Waals surface area contributed by atoms with Crippen LogP contribution in [0.25, 0.3) is 0 Å². The van der Waals surface area contributed by atoms with E-state index in [9.17, 15) is 13.2 Å². The van der Waals surface area contributed by atoms with Crippen molar-refractivity contribution in [2.24, 2.45) is 0 Å². The van der Waals surface area contributed by atoms with Crippen molar-refractivity contribution in [1.82, 2.24) is 4.98 Å². The number of ether oxygens (including phenoxy) is 1. The quantitative estimate of drug-likeness (QED) is 0.787. The molecule has 1 unspecified atom stereocenters. The number of methoxy groups -OCH3 is 1. The predicted molar refractivity (Wildman–Crippen MR) is 49.1 cm³/mol. The van der Waals surface area contributed by atoms with Crippen molar-refractivity contribution in [3.8, 4) is 0 Å². The molecule has 0 amide bonds. The lowest BCUT2D eigenvalue weighted by Gasteiger charge is -2.11. The average molecular weight is 220 g/mol. The van der Waals surface area contributed by atoms with Crippen LogP contribution in [0.4, 0.5) is 19.0 Å². The molecule has 0 aliphatic carbocycles. The Morgan fingerprint density at radius 1 is 1.40 bits per heavy atom. The highest BCUT2D eigenvalue weighted by Gasteiger charge is 2.11. The van der Waals surface area contributed by atoms with Crippen LogP contribution in [0.3, 0.4) is 0 Å². The summed E-state index contributed by atoms with van der Waals surface area (Å²) in [5, 5.41) is 2.51. The van der Waals surface area contributed by atoms with Gasteiger partial charge in [0.1, 0.15) is 0 Å². The molecule has 0 saturated heterocycles. The standard InChI is InChI=1S/C9H11F3N2O/c1-5(15-2)4-13-9-7(11)3-6(10)8(12)14-9/h3,5H,4H2,1-2H3,(H,13,14). The summed E-state index contributed by atoms with van der Waals surface area (Å²) >= 11 is 0. The molecule has 1 heterocycles. The summed E-state index contributed by atoms with van der Waals surface area (Å²) in [7, 11) is 1.49. The fourth-order valence-corrected chi connectivity index (χ4v) is 0.892. The average Bonchev–Trinajstić information content (AvgIpc) is 2.21. The lowest BCUT2D eigenvalue weighted by molar-refractivity contribution is 0.128. The number of hydrogen-bond donors (Lipinski definition) is 1. The number of aromatic nitrogens is 1. The molecule has 0 bridgehead atoms. The van der Waals surface area contributed by atoms with Gasteiger partial charge in [-0.1, -0.05) is 0 Å². The lowest BCUT2D eigenvalue weighted by atomic mass is 10.3. The molecule has 0 saturated carbocycles. The van der Waals surface area contributed by atoms with E-state index in [1.807, 2.05) is 0 Å². The van der Waals surface area contributed by atoms with Gasteiger partial charge in [0, 0.05) is 19.7 Å². The molecule has 1 aromatic rings. The Labute approximate surface area is 85.3 Å². The van der Waals surface area contributed by atoms with Crippen molar-refractivity contribution in [1.29, 1.82) is 0 Å². The number of pyridine rings is 1. The zero-order valence-corrected chi connectivity index (χ0v) is 8.35. The molecule has 0 fully saturated rings. The molecule has 1 rings (SSSR count). The van der Waals surface area contributed by atoms with Crippen LogP contribution < -0.4 is 5.32 Å². The van der Waals surface area contributed by atoms with E-state index in [1.54, 1.807) is 6.92 Å². The van der Waals surface area contributed by atoms with E-state index < -0.39 is 17.6 Å². The van der Waals surface area contributed by atoms with Crippen LogP contribution in [0.2, 0.25) is 0 Å². The van der Waals surface area contributed by atoms with Gasteiger partial charge in [0.2, 0.25) is 0 Å². The summed E-state index contributed by atoms with van der Waals surface area (Å²) in [5.41, 5.74) is 0. The SMILES string of the molecule is COC(C)CNc1nc(F)c(F)cc1F. The second kappa shape index (κ2) is 4.97. The van der Waals surface area contributed by atoms with Gasteiger partial charge in [-0.3, -0.25) is 0 Å². The third-order valence-electron chi connectivity index (χ3n) is 1.85. The van der Waals surface area contributed by atoms with Crippen LogP contribution in [0.15, 0.2) is 6.07 Å². The van der Waals surface area contributed by atoms with Crippen molar-refractivity contribution in [3.63, 3.8) is 0 Å². The molecule has 15 heavy (non-hydrogen) atoms. The number of anilines is 1. The molecule has 0 aliphatic rings. The van der Waals surface area contributed by atoms with Crippen LogP contribution in [0.1, 0.15) is 6.92 Å². The van der Waals surface area contributed by atoms with Crippen molar-refractivity contribution < 1.29 is 17.9 Å². The topological polar surface area (TPSA) is 34.1 Å². The van der Waals surface area contributed by atoms with Crippen LogP contribution >= 0.6 is 0 Å². The molecule has 3 nitrogen and oxygen atoms in total. The van der Waals surface area contributed by atoms with E-state index >= 15 is 0 Å². The predicted octanol–water partition coefficient (Wildman–Crippen LogP) is 1.95. The van der Waals surface area contributed by atoms with Gasteiger partial charge in [0.25, 0.3) is 5.95 Å². The molecule has 1 N–H and O–H groups in total. The van der Waals surface area contributed by atoms with Crippen LogP contribution in [-0.4, -0.2) is 24.7 Å². The van der Waals surface area contributed by atoms with E-state index in [4.69, 9.17) is 4.74 Å². The molecule has 0 aromatic carbocycles. The zero-order valence-electron chi connectivity index (χ0n) is 8.35. The Hall–Kier alpha value is -1.30. The second-order valence-electron chi connectivity index (χ2n) is 3.02. The Bertz CT molecular complexity index is 346. The third kappa shape index (κ3) is 3.09. The van der Waals surface area contributed by atoms with Gasteiger partial charge in [-0.15, -0.1) is 0 Å². The number of hydrogen-bond acceptors (Lipinski definition) is 3. The molecule has 0 spiro atoms. The molecule has 84 valence electrons. The first-order valence-corrected chi connectivity index (χ1v) is 4.32. The van der Waals surface area contributed by atoms with Crippen molar-refractivity contribution in [2.75, 3.05) is 19.0 Å². The van der Waals surface area contributed by atoms with Gasteiger partial charge in [-0.2, -0.15) is 9.37 Å². The molecule has 0 radical (unpaired) electrons. The molecule has 6 heteroatoms. The molecule has 1 atom stereocenters. The summed E-state index contributed by atoms with van der Waals surface area (Å²) in [6, 6.07) is 0.447. The minimum absolute atomic E-state index is 0.181. The molecular weight excluding hydrogens is 209 g/mol. The van der Waals surface area contributed by atoms with Crippen LogP contribution in [0.5, 0.6) is 0 Å². The fourth-order valence-electron chi connectivity index (χ4n) is 0.892. The van der Waals surface area contributed by atoms with E-state index in [2.05, 4.69) is 10.3 Å². The maximum Gasteiger partial charge on any atom is 0.251 e. The lowest BCUT2D eigenvalue weighted by Crippen LogP contribution is -2.19. The van der Waals surface area contributed by atoms with E-state index in [0.717, 1.165) is 0 Å². The van der Waals surface area contributed by atoms with Crippen molar-refractivity contribution in [2.45, 2.75) is 13.0 Å². The summed E-state index contributed by atoms with van der Waals surface area (Å²) in [4.78, 5) is 3.10. The fraction of sp³-hybridized carbons (Fsp3) is 0.444. The smallest absolute Gasteiger partial charge is 0.251 e. The highest BCUT2D eigenvalue weighted by atomic mass is 19.2. The first kappa shape index (κ1) is 11.8. The van der Waals surface area contributed by atoms with Gasteiger partial charge < -0.3 is 10.1 Å². The maximum atomic E-state index is 13.0. The number of nitrogens with zero attached hydrogens (tertiary/aromatic N) is 1. The van der Waals surface area contributed by atoms with Gasteiger partial charge in [0.05, 0.1) is 6.10 Å². The van der Waals surface area contributed by atoms with Gasteiger partial charge >= 0.3 is 0 Å². The minimum atomic E-state index is -1.33. The first-order chi connectivity index (χ1) is 7.04. The van der Waals surface area contributed by atoms with Gasteiger partial charge in [-0.05, 0) is 6.92 Å². The van der Waals surface area contributed by atoms with Gasteiger partial charge in [0.15, 0.2) is 17.5 Å². The Kier molecular flexibility index (Phi) is 3.90. The summed E-state index contributed by atoms with van der Waals surface area (Å²) in [6.45, 7) is 2.00. The Morgan fingerprint density at radius 3 is 2.67 bits per heavy atom. The largest absolute Gasteiger partial charge is 0.380 e. The van der Waals surface area contributed by atoms with E-state index in [-0.39, 0.29) is 18.5 Å². The highest BCUT2D eigenvalue weighted by Crippen LogP contribution is 2.14. The number of halogens is 3. The first-order valence-electron chi connectivity index (χ1n) is 4.32. The number of rotatable bonds is 4. The van der Waals surface area contributed by atoms with Crippen molar-refractivity contribution in [3.05, 3.63) is 23.6 Å². The monoisotopic (exact) mass is 220 g/mol. The molecule has 0 aliphatic heterocycles. The maximum absolute atomic E-state index is 13.0. The number of nitrogens with one attached hydrogen (secondary N) is 1. The minimum Gasteiger partial charge on any atom is -0.380 e. The van der Waals surface area contributed by atoms with Crippen molar-refractivity contribution >= 4 is 5.82 Å². The molecule has 1 aromatic heterocycles. The highest BCUT2D eigenvalue weighted by molar-refractivity contribution is 5.36. The zero-order chi connectivity index (χ0) is 11.4. The third-order valence-corrected chi connectivity index (χ3v) is 1.85. The Balaban J connectivity index is 2.73. The Morgan fingerprint density at radius 2 is 2.07 bits per heavy atom. The second-order valence-corrected chi connectivity index (χ2v) is 3.02. The normalized spacial score (nSPS) is 12.6. The van der Waals surface area contributed by atoms with Crippen LogP contribution in [0, 0.1) is 17.6 Å². The van der Waals surface area contributed by atoms with Gasteiger partial charge in [-0.25, -0.2) is 8.78 Å². The summed E-state index contributed by atoms with van der Waals surface area (Å²) < 4.78 is 43.0. The van der Waals surface area contributed by atoms with E-state index in [0.29, 0.717) is 6.07 Å². The summed E-state index contributed by atoms with van der Waals surface area (Å²) in [6.07, 6.45) is -0.181. The molecular formula is C9H11F3N2O. The van der Waals surface area contributed by atoms with Crippen LogP contribution in [-0.2, 0) is 4.74 Å². The van der Waals surface area contributed by atoms with E-state index in [1.165, 1.54) is 7.11 Å². The summed E-state index contributed by atoms with van der Waals surface area (Å²) in [5.74, 6) is -3.89.